The summed E-state index contributed by atoms with van der Waals surface area (Å²) in [6.07, 6.45) is 4.50. The van der Waals surface area contributed by atoms with Gasteiger partial charge in [0.1, 0.15) is 16.7 Å². The number of unbranched alkanes of at least 4 members (excludes halogenated alkanes) is 2. The van der Waals surface area contributed by atoms with Crippen LogP contribution in [0.5, 0.6) is 5.75 Å². The third kappa shape index (κ3) is 7.30. The number of nitrogens with zero attached hydrogens (tertiary/aromatic N) is 1. The maximum Gasteiger partial charge on any atom is 0.305 e. The molecule has 1 aliphatic rings. The van der Waals surface area contributed by atoms with Gasteiger partial charge in [-0.15, -0.1) is 0 Å². The Bertz CT molecular complexity index is 1080. The van der Waals surface area contributed by atoms with Crippen molar-refractivity contribution in [1.29, 1.82) is 0 Å². The second kappa shape index (κ2) is 12.6. The lowest BCUT2D eigenvalue weighted by molar-refractivity contribution is -0.140. The molecule has 3 rings (SSSR count). The van der Waals surface area contributed by atoms with Gasteiger partial charge in [0.25, 0.3) is 5.91 Å². The number of thiocarbonyl (C=S) groups is 1. The summed E-state index contributed by atoms with van der Waals surface area (Å²) < 4.78 is 12.1. The van der Waals surface area contributed by atoms with Gasteiger partial charge in [0.2, 0.25) is 0 Å². The minimum atomic E-state index is -0.217. The SMILES string of the molecule is COC(=O)CCCCCN1C(=O)/C(=C\c2cc(Br)ccc2OCc2ccccc2Cl)SC1=S. The van der Waals surface area contributed by atoms with E-state index in [-0.39, 0.29) is 11.9 Å². The van der Waals surface area contributed by atoms with Crippen LogP contribution < -0.4 is 4.74 Å². The number of thioether (sulfide) groups is 1. The Hall–Kier alpha value is -1.87. The Balaban J connectivity index is 1.66. The molecule has 33 heavy (non-hydrogen) atoms. The van der Waals surface area contributed by atoms with E-state index in [9.17, 15) is 9.59 Å². The van der Waals surface area contributed by atoms with Crippen molar-refractivity contribution in [3.05, 3.63) is 68.0 Å². The van der Waals surface area contributed by atoms with Gasteiger partial charge in [-0.25, -0.2) is 0 Å². The molecule has 0 aliphatic carbocycles. The molecule has 0 atom stereocenters. The van der Waals surface area contributed by atoms with Crippen molar-refractivity contribution >= 4 is 73.8 Å². The average Bonchev–Trinajstić information content (AvgIpc) is 3.06. The van der Waals surface area contributed by atoms with Crippen molar-refractivity contribution in [1.82, 2.24) is 4.90 Å². The highest BCUT2D eigenvalue weighted by atomic mass is 79.9. The fourth-order valence-corrected chi connectivity index (χ4v) is 5.06. The fourth-order valence-electron chi connectivity index (χ4n) is 3.19. The molecule has 0 spiro atoms. The standard InChI is InChI=1S/C24H23BrClNO4S2/c1-30-22(28)9-3-2-6-12-27-23(29)21(33-24(27)32)14-17-13-18(25)10-11-20(17)31-15-16-7-4-5-8-19(16)26/h4-5,7-8,10-11,13-14H,2-3,6,9,12,15H2,1H3/b21-14+. The van der Waals surface area contributed by atoms with Crippen molar-refractivity contribution in [2.45, 2.75) is 32.3 Å². The minimum absolute atomic E-state index is 0.116. The highest BCUT2D eigenvalue weighted by molar-refractivity contribution is 9.10. The second-order valence-electron chi connectivity index (χ2n) is 7.28. The summed E-state index contributed by atoms with van der Waals surface area (Å²) in [5.41, 5.74) is 1.65. The first-order valence-electron chi connectivity index (χ1n) is 10.4. The van der Waals surface area contributed by atoms with Gasteiger partial charge in [0, 0.05) is 33.6 Å². The third-order valence-electron chi connectivity index (χ3n) is 4.96. The molecule has 9 heteroatoms. The Kier molecular flexibility index (Phi) is 9.79. The van der Waals surface area contributed by atoms with Crippen molar-refractivity contribution in [3.63, 3.8) is 0 Å². The van der Waals surface area contributed by atoms with Crippen LogP contribution in [0.4, 0.5) is 0 Å². The van der Waals surface area contributed by atoms with Gasteiger partial charge >= 0.3 is 5.97 Å². The maximum atomic E-state index is 13.0. The first-order valence-corrected chi connectivity index (χ1v) is 12.8. The first-order chi connectivity index (χ1) is 15.9. The molecular formula is C24H23BrClNO4S2. The van der Waals surface area contributed by atoms with Gasteiger partial charge in [-0.3, -0.25) is 14.5 Å². The number of ether oxygens (including phenoxy) is 2. The summed E-state index contributed by atoms with van der Waals surface area (Å²) in [4.78, 5) is 26.3. The second-order valence-corrected chi connectivity index (χ2v) is 10.3. The lowest BCUT2D eigenvalue weighted by atomic mass is 10.1. The van der Waals surface area contributed by atoms with Crippen molar-refractivity contribution in [3.8, 4) is 5.75 Å². The lowest BCUT2D eigenvalue weighted by Gasteiger charge is -2.14. The molecule has 5 nitrogen and oxygen atoms in total. The number of rotatable bonds is 10. The van der Waals surface area contributed by atoms with Crippen molar-refractivity contribution < 1.29 is 19.1 Å². The van der Waals surface area contributed by atoms with Gasteiger partial charge < -0.3 is 9.47 Å². The van der Waals surface area contributed by atoms with Crippen LogP contribution in [0.25, 0.3) is 6.08 Å². The molecule has 0 saturated carbocycles. The zero-order valence-electron chi connectivity index (χ0n) is 18.0. The van der Waals surface area contributed by atoms with E-state index in [0.717, 1.165) is 34.9 Å². The normalized spacial score (nSPS) is 14.8. The Morgan fingerprint density at radius 3 is 2.76 bits per heavy atom. The van der Waals surface area contributed by atoms with Crippen LogP contribution in [0.15, 0.2) is 51.8 Å². The van der Waals surface area contributed by atoms with Crippen LogP contribution >= 0.6 is 51.5 Å². The Morgan fingerprint density at radius 2 is 2.00 bits per heavy atom. The van der Waals surface area contributed by atoms with E-state index in [1.807, 2.05) is 48.5 Å². The van der Waals surface area contributed by atoms with Crippen LogP contribution in [0, 0.1) is 0 Å². The van der Waals surface area contributed by atoms with Gasteiger partial charge in [-0.2, -0.15) is 0 Å². The Labute approximate surface area is 216 Å². The highest BCUT2D eigenvalue weighted by Gasteiger charge is 2.31. The molecular weight excluding hydrogens is 546 g/mol. The quantitative estimate of drug-likeness (QED) is 0.139. The number of halogens is 2. The van der Waals surface area contributed by atoms with E-state index in [1.165, 1.54) is 18.9 Å². The Morgan fingerprint density at radius 1 is 1.21 bits per heavy atom. The van der Waals surface area contributed by atoms with E-state index in [2.05, 4.69) is 20.7 Å². The van der Waals surface area contributed by atoms with E-state index < -0.39 is 0 Å². The number of amides is 1. The highest BCUT2D eigenvalue weighted by Crippen LogP contribution is 2.35. The number of carbonyl (C=O) groups excluding carboxylic acids is 2. The summed E-state index contributed by atoms with van der Waals surface area (Å²) in [7, 11) is 1.38. The maximum absolute atomic E-state index is 13.0. The van der Waals surface area contributed by atoms with E-state index in [4.69, 9.17) is 28.6 Å². The molecule has 1 saturated heterocycles. The van der Waals surface area contributed by atoms with Crippen LogP contribution in [0.1, 0.15) is 36.8 Å². The first kappa shape index (κ1) is 25.7. The zero-order chi connectivity index (χ0) is 23.8. The monoisotopic (exact) mass is 567 g/mol. The number of carbonyl (C=O) groups is 2. The van der Waals surface area contributed by atoms with Crippen LogP contribution in [0.3, 0.4) is 0 Å². The predicted octanol–water partition coefficient (Wildman–Crippen LogP) is 6.62. The molecule has 2 aromatic rings. The van der Waals surface area contributed by atoms with Crippen LogP contribution in [0.2, 0.25) is 5.02 Å². The van der Waals surface area contributed by atoms with Crippen molar-refractivity contribution in [2.24, 2.45) is 0 Å². The minimum Gasteiger partial charge on any atom is -0.488 e. The molecule has 2 aromatic carbocycles. The molecule has 0 radical (unpaired) electrons. The molecule has 0 N–H and O–H groups in total. The van der Waals surface area contributed by atoms with Crippen LogP contribution in [-0.4, -0.2) is 34.8 Å². The van der Waals surface area contributed by atoms with Crippen molar-refractivity contribution in [2.75, 3.05) is 13.7 Å². The van der Waals surface area contributed by atoms with Gasteiger partial charge in [0.15, 0.2) is 0 Å². The predicted molar refractivity (Wildman–Crippen MR) is 140 cm³/mol. The van der Waals surface area contributed by atoms with Crippen LogP contribution in [-0.2, 0) is 20.9 Å². The smallest absolute Gasteiger partial charge is 0.305 e. The lowest BCUT2D eigenvalue weighted by Crippen LogP contribution is -2.29. The summed E-state index contributed by atoms with van der Waals surface area (Å²) in [5, 5.41) is 0.642. The zero-order valence-corrected chi connectivity index (χ0v) is 22.0. The van der Waals surface area contributed by atoms with E-state index >= 15 is 0 Å². The number of hydrogen-bond acceptors (Lipinski definition) is 6. The topological polar surface area (TPSA) is 55.8 Å². The molecule has 0 aromatic heterocycles. The van der Waals surface area contributed by atoms with Gasteiger partial charge in [-0.1, -0.05) is 76.1 Å². The van der Waals surface area contributed by atoms with E-state index in [0.29, 0.717) is 39.6 Å². The number of benzene rings is 2. The fraction of sp³-hybridized carbons (Fsp3) is 0.292. The number of esters is 1. The molecule has 1 amide bonds. The molecule has 0 bridgehead atoms. The van der Waals surface area contributed by atoms with E-state index in [1.54, 1.807) is 4.90 Å². The number of methoxy groups -OCH3 is 1. The van der Waals surface area contributed by atoms with Gasteiger partial charge in [0.05, 0.1) is 12.0 Å². The van der Waals surface area contributed by atoms with Gasteiger partial charge in [-0.05, 0) is 43.2 Å². The molecule has 0 unspecified atom stereocenters. The summed E-state index contributed by atoms with van der Waals surface area (Å²) >= 11 is 16.4. The molecule has 1 fully saturated rings. The average molecular weight is 569 g/mol. The molecule has 174 valence electrons. The summed E-state index contributed by atoms with van der Waals surface area (Å²) in [6, 6.07) is 13.2. The third-order valence-corrected chi connectivity index (χ3v) is 7.20. The number of hydrogen-bond donors (Lipinski definition) is 0. The molecule has 1 aliphatic heterocycles. The largest absolute Gasteiger partial charge is 0.488 e. The summed E-state index contributed by atoms with van der Waals surface area (Å²) in [5.74, 6) is 0.311. The summed E-state index contributed by atoms with van der Waals surface area (Å²) in [6.45, 7) is 0.839. The molecule has 1 heterocycles.